The van der Waals surface area contributed by atoms with Gasteiger partial charge in [0.05, 0.1) is 13.7 Å². The van der Waals surface area contributed by atoms with Crippen LogP contribution in [0.25, 0.3) is 11.4 Å². The maximum Gasteiger partial charge on any atom is 0.248 e. The maximum absolute atomic E-state index is 11.5. The van der Waals surface area contributed by atoms with Gasteiger partial charge in [-0.15, -0.1) is 0 Å². The zero-order valence-electron chi connectivity index (χ0n) is 21.2. The third-order valence-electron chi connectivity index (χ3n) is 6.98. The summed E-state index contributed by atoms with van der Waals surface area (Å²) < 4.78 is 11.4. The van der Waals surface area contributed by atoms with E-state index < -0.39 is 5.91 Å². The molecule has 0 unspecified atom stereocenters. The van der Waals surface area contributed by atoms with Crippen LogP contribution in [-0.2, 0) is 6.54 Å². The number of rotatable bonds is 11. The van der Waals surface area contributed by atoms with Gasteiger partial charge in [-0.1, -0.05) is 12.1 Å². The van der Waals surface area contributed by atoms with Gasteiger partial charge in [0.25, 0.3) is 0 Å². The summed E-state index contributed by atoms with van der Waals surface area (Å²) in [4.78, 5) is 27.1. The Bertz CT molecular complexity index is 1220. The molecule has 0 radical (unpaired) electrons. The zero-order valence-corrected chi connectivity index (χ0v) is 21.2. The van der Waals surface area contributed by atoms with E-state index in [0.717, 1.165) is 68.6 Å². The number of amides is 1. The highest BCUT2D eigenvalue weighted by atomic mass is 16.5. The average molecular weight is 503 g/mol. The number of hydrogen-bond donors (Lipinski definition) is 2. The highest BCUT2D eigenvalue weighted by Crippen LogP contribution is 2.31. The monoisotopic (exact) mass is 502 g/mol. The van der Waals surface area contributed by atoms with Crippen molar-refractivity contribution < 1.29 is 14.3 Å². The summed E-state index contributed by atoms with van der Waals surface area (Å²) in [5.41, 5.74) is 7.76. The second-order valence-corrected chi connectivity index (χ2v) is 9.89. The summed E-state index contributed by atoms with van der Waals surface area (Å²) in [6, 6.07) is 13.2. The molecule has 1 aliphatic carbocycles. The molecule has 1 saturated heterocycles. The number of nitrogens with two attached hydrogens (primary N) is 1. The minimum atomic E-state index is -0.472. The molecule has 1 saturated carbocycles. The number of carbonyl (C=O) groups excluding carboxylic acids is 1. The van der Waals surface area contributed by atoms with Gasteiger partial charge >= 0.3 is 0 Å². The van der Waals surface area contributed by atoms with E-state index >= 15 is 0 Å². The van der Waals surface area contributed by atoms with Crippen LogP contribution in [0.5, 0.6) is 11.5 Å². The van der Waals surface area contributed by atoms with Crippen LogP contribution in [0.2, 0.25) is 0 Å². The van der Waals surface area contributed by atoms with E-state index in [9.17, 15) is 4.79 Å². The first-order valence-electron chi connectivity index (χ1n) is 12.9. The van der Waals surface area contributed by atoms with Crippen LogP contribution in [0.3, 0.4) is 0 Å². The minimum Gasteiger partial charge on any atom is -0.497 e. The van der Waals surface area contributed by atoms with Crippen molar-refractivity contribution in [2.24, 2.45) is 17.6 Å². The number of methoxy groups -OCH3 is 1. The van der Waals surface area contributed by atoms with Crippen molar-refractivity contribution in [1.82, 2.24) is 20.3 Å². The molecule has 0 atom stereocenters. The second kappa shape index (κ2) is 11.6. The average Bonchev–Trinajstić information content (AvgIpc) is 3.77. The number of piperidine rings is 1. The fraction of sp³-hybridized carbons (Fsp3) is 0.429. The van der Waals surface area contributed by atoms with E-state index in [1.165, 1.54) is 24.7 Å². The molecule has 194 valence electrons. The topological polar surface area (TPSA) is 115 Å². The zero-order chi connectivity index (χ0) is 25.6. The number of ether oxygens (including phenoxy) is 2. The van der Waals surface area contributed by atoms with Gasteiger partial charge in [0, 0.05) is 36.8 Å². The molecule has 37 heavy (non-hydrogen) atoms. The van der Waals surface area contributed by atoms with E-state index in [1.807, 2.05) is 12.1 Å². The van der Waals surface area contributed by atoms with Gasteiger partial charge in [0.1, 0.15) is 17.8 Å². The van der Waals surface area contributed by atoms with Gasteiger partial charge in [0.15, 0.2) is 5.82 Å². The highest BCUT2D eigenvalue weighted by molar-refractivity contribution is 5.93. The lowest BCUT2D eigenvalue weighted by Gasteiger charge is -2.32. The van der Waals surface area contributed by atoms with Crippen molar-refractivity contribution in [2.75, 3.05) is 38.3 Å². The van der Waals surface area contributed by atoms with Crippen molar-refractivity contribution in [1.29, 1.82) is 0 Å². The molecule has 2 aromatic carbocycles. The molecule has 1 aliphatic heterocycles. The number of benzene rings is 2. The number of nitrogens with one attached hydrogen (secondary N) is 1. The van der Waals surface area contributed by atoms with E-state index in [4.69, 9.17) is 15.2 Å². The molecule has 9 heteroatoms. The fourth-order valence-electron chi connectivity index (χ4n) is 4.58. The summed E-state index contributed by atoms with van der Waals surface area (Å²) >= 11 is 0. The van der Waals surface area contributed by atoms with E-state index in [1.54, 1.807) is 25.3 Å². The Morgan fingerprint density at radius 3 is 2.62 bits per heavy atom. The summed E-state index contributed by atoms with van der Waals surface area (Å²) in [5, 5.41) is 3.62. The van der Waals surface area contributed by atoms with Crippen molar-refractivity contribution >= 4 is 11.9 Å². The summed E-state index contributed by atoms with van der Waals surface area (Å²) in [6.45, 7) is 4.29. The third kappa shape index (κ3) is 6.74. The van der Waals surface area contributed by atoms with Gasteiger partial charge in [-0.05, 0) is 73.9 Å². The largest absolute Gasteiger partial charge is 0.497 e. The molecule has 5 rings (SSSR count). The van der Waals surface area contributed by atoms with Crippen LogP contribution in [-0.4, -0.2) is 54.2 Å². The predicted octanol–water partition coefficient (Wildman–Crippen LogP) is 3.44. The van der Waals surface area contributed by atoms with Crippen molar-refractivity contribution in [3.8, 4) is 22.9 Å². The standard InChI is InChI=1S/C28H34N6O3/c1-36-24-11-21(12-25(14-24)37-17-20-5-6-20)16-30-15-19-7-9-34(10-8-19)28-32-18-31-27(33-28)23-4-2-3-22(13-23)26(29)35/h2-4,11-14,18-20,30H,5-10,15-17H2,1H3,(H2,29,35). The molecule has 3 aromatic rings. The third-order valence-corrected chi connectivity index (χ3v) is 6.98. The van der Waals surface area contributed by atoms with Crippen LogP contribution < -0.4 is 25.4 Å². The van der Waals surface area contributed by atoms with Crippen LogP contribution in [0.4, 0.5) is 5.95 Å². The predicted molar refractivity (Wildman–Crippen MR) is 142 cm³/mol. The molecule has 1 amide bonds. The number of carbonyl (C=O) groups is 1. The lowest BCUT2D eigenvalue weighted by atomic mass is 9.97. The van der Waals surface area contributed by atoms with Crippen molar-refractivity contribution in [2.45, 2.75) is 32.2 Å². The Morgan fingerprint density at radius 2 is 1.86 bits per heavy atom. The smallest absolute Gasteiger partial charge is 0.248 e. The van der Waals surface area contributed by atoms with E-state index in [0.29, 0.717) is 23.3 Å². The molecule has 0 spiro atoms. The Balaban J connectivity index is 1.12. The number of aromatic nitrogens is 3. The highest BCUT2D eigenvalue weighted by Gasteiger charge is 2.23. The SMILES string of the molecule is COc1cc(CNCC2CCN(c3ncnc(-c4cccc(C(N)=O)c4)n3)CC2)cc(OCC2CC2)c1. The normalized spacial score (nSPS) is 16.0. The molecule has 1 aromatic heterocycles. The number of anilines is 1. The number of hydrogen-bond acceptors (Lipinski definition) is 8. The molecule has 2 aliphatic rings. The van der Waals surface area contributed by atoms with Gasteiger partial charge in [-0.3, -0.25) is 4.79 Å². The second-order valence-electron chi connectivity index (χ2n) is 9.89. The van der Waals surface area contributed by atoms with Gasteiger partial charge < -0.3 is 25.4 Å². The van der Waals surface area contributed by atoms with Gasteiger partial charge in [0.2, 0.25) is 11.9 Å². The lowest BCUT2D eigenvalue weighted by Crippen LogP contribution is -2.38. The van der Waals surface area contributed by atoms with Crippen LogP contribution in [0.15, 0.2) is 48.8 Å². The minimum absolute atomic E-state index is 0.434. The first-order chi connectivity index (χ1) is 18.1. The van der Waals surface area contributed by atoms with E-state index in [2.05, 4.69) is 37.3 Å². The molecule has 2 fully saturated rings. The summed E-state index contributed by atoms with van der Waals surface area (Å²) in [6.07, 6.45) is 6.18. The summed E-state index contributed by atoms with van der Waals surface area (Å²) in [5.74, 6) is 3.75. The van der Waals surface area contributed by atoms with Crippen LogP contribution in [0, 0.1) is 11.8 Å². The molecule has 3 N–H and O–H groups in total. The summed E-state index contributed by atoms with van der Waals surface area (Å²) in [7, 11) is 1.69. The Morgan fingerprint density at radius 1 is 1.05 bits per heavy atom. The van der Waals surface area contributed by atoms with Crippen molar-refractivity contribution in [3.63, 3.8) is 0 Å². The molecule has 2 heterocycles. The maximum atomic E-state index is 11.5. The molecule has 0 bridgehead atoms. The quantitative estimate of drug-likeness (QED) is 0.410. The number of nitrogens with zero attached hydrogens (tertiary/aromatic N) is 4. The lowest BCUT2D eigenvalue weighted by molar-refractivity contribution is 0.100. The number of primary amides is 1. The van der Waals surface area contributed by atoms with Gasteiger partial charge in [-0.2, -0.15) is 4.98 Å². The Labute approximate surface area is 217 Å². The van der Waals surface area contributed by atoms with Gasteiger partial charge in [-0.25, -0.2) is 9.97 Å². The molecular formula is C28H34N6O3. The van der Waals surface area contributed by atoms with E-state index in [-0.39, 0.29) is 0 Å². The molecular weight excluding hydrogens is 468 g/mol. The van der Waals surface area contributed by atoms with Crippen LogP contribution in [0.1, 0.15) is 41.6 Å². The first kappa shape index (κ1) is 25.0. The Hall–Kier alpha value is -3.72. The Kier molecular flexibility index (Phi) is 7.79. The molecule has 9 nitrogen and oxygen atoms in total. The fourth-order valence-corrected chi connectivity index (χ4v) is 4.58. The first-order valence-corrected chi connectivity index (χ1v) is 12.9. The van der Waals surface area contributed by atoms with Crippen molar-refractivity contribution in [3.05, 3.63) is 59.9 Å². The van der Waals surface area contributed by atoms with Crippen LogP contribution >= 0.6 is 0 Å².